The van der Waals surface area contributed by atoms with Crippen molar-refractivity contribution in [1.82, 2.24) is 0 Å². The second-order valence-electron chi connectivity index (χ2n) is 7.47. The van der Waals surface area contributed by atoms with Gasteiger partial charge in [-0.2, -0.15) is 16.8 Å². The van der Waals surface area contributed by atoms with Crippen molar-refractivity contribution < 1.29 is 30.7 Å². The largest absolute Gasteiger partial charge is 0.454 e. The number of hydrogen-bond acceptors (Lipinski definition) is 5. The monoisotopic (exact) mass is 470 g/mol. The van der Waals surface area contributed by atoms with Crippen molar-refractivity contribution in [2.24, 2.45) is 0 Å². The quantitative estimate of drug-likeness (QED) is 0.287. The molecule has 0 unspecified atom stereocenters. The van der Waals surface area contributed by atoms with Crippen LogP contribution in [0.5, 0.6) is 11.5 Å². The molecule has 172 valence electrons. The lowest BCUT2D eigenvalue weighted by Gasteiger charge is -2.15. The maximum atomic E-state index is 12.1. The van der Waals surface area contributed by atoms with Crippen LogP contribution >= 0.6 is 0 Å². The lowest BCUT2D eigenvalue weighted by Crippen LogP contribution is -2.07. The summed E-state index contributed by atoms with van der Waals surface area (Å²) in [5.74, 6) is -0.435. The molecule has 9 heteroatoms. The van der Waals surface area contributed by atoms with Crippen molar-refractivity contribution in [3.8, 4) is 11.5 Å². The van der Waals surface area contributed by atoms with Crippen LogP contribution in [-0.2, 0) is 26.7 Å². The number of hydrogen-bond donors (Lipinski definition) is 2. The Bertz CT molecular complexity index is 1060. The highest BCUT2D eigenvalue weighted by molar-refractivity contribution is 7.86. The van der Waals surface area contributed by atoms with E-state index in [1.807, 2.05) is 0 Å². The molecule has 0 saturated heterocycles. The van der Waals surface area contributed by atoms with E-state index in [0.29, 0.717) is 12.0 Å². The molecule has 2 rings (SSSR count). The highest BCUT2D eigenvalue weighted by Crippen LogP contribution is 2.35. The predicted octanol–water partition coefficient (Wildman–Crippen LogP) is 5.66. The molecule has 0 spiro atoms. The summed E-state index contributed by atoms with van der Waals surface area (Å²) in [5.41, 5.74) is 0.398. The number of benzene rings is 2. The fourth-order valence-electron chi connectivity index (χ4n) is 3.45. The van der Waals surface area contributed by atoms with Crippen LogP contribution < -0.4 is 4.74 Å². The zero-order chi connectivity index (χ0) is 22.9. The van der Waals surface area contributed by atoms with Gasteiger partial charge in [-0.15, -0.1) is 0 Å². The van der Waals surface area contributed by atoms with Gasteiger partial charge in [0.05, 0.1) is 0 Å². The molecule has 0 heterocycles. The molecule has 0 aromatic heterocycles. The molecule has 0 fully saturated rings. The fourth-order valence-corrected chi connectivity index (χ4v) is 4.93. The lowest BCUT2D eigenvalue weighted by molar-refractivity contribution is 0.432. The molecule has 0 radical (unpaired) electrons. The Labute approximate surface area is 185 Å². The maximum Gasteiger partial charge on any atom is 0.298 e. The molecule has 0 aliphatic heterocycles. The van der Waals surface area contributed by atoms with Gasteiger partial charge >= 0.3 is 0 Å². The Hall–Kier alpha value is -1.94. The molecule has 2 aromatic carbocycles. The van der Waals surface area contributed by atoms with Gasteiger partial charge in [-0.1, -0.05) is 76.1 Å². The molecular weight excluding hydrogens is 440 g/mol. The van der Waals surface area contributed by atoms with Crippen molar-refractivity contribution in [1.29, 1.82) is 0 Å². The summed E-state index contributed by atoms with van der Waals surface area (Å²) in [7, 11) is -9.21. The van der Waals surface area contributed by atoms with Gasteiger partial charge in [0.25, 0.3) is 20.2 Å². The maximum absolute atomic E-state index is 12.1. The Morgan fingerprint density at radius 3 is 1.90 bits per heavy atom. The second-order valence-corrected chi connectivity index (χ2v) is 10.2. The zero-order valence-electron chi connectivity index (χ0n) is 17.7. The van der Waals surface area contributed by atoms with Crippen LogP contribution in [-0.4, -0.2) is 25.9 Å². The smallest absolute Gasteiger partial charge is 0.298 e. The molecule has 0 amide bonds. The zero-order valence-corrected chi connectivity index (χ0v) is 19.3. The van der Waals surface area contributed by atoms with E-state index in [1.54, 1.807) is 12.1 Å². The van der Waals surface area contributed by atoms with Crippen LogP contribution in [0, 0.1) is 0 Å². The standard InChI is InChI=1S/C22H30O7S2/c1-2-3-4-5-6-7-8-9-13-18-14-12-16-20(22(18)31(26,27)28)29-19-15-10-11-17-21(19)30(23,24)25/h10-12,14-17H,2-9,13H2,1H3,(H,23,24,25)(H,26,27,28). The summed E-state index contributed by atoms with van der Waals surface area (Å²) in [6, 6.07) is 9.84. The molecule has 7 nitrogen and oxygen atoms in total. The predicted molar refractivity (Wildman–Crippen MR) is 119 cm³/mol. The van der Waals surface area contributed by atoms with Crippen LogP contribution in [0.4, 0.5) is 0 Å². The number of aryl methyl sites for hydroxylation is 1. The number of rotatable bonds is 13. The van der Waals surface area contributed by atoms with Gasteiger partial charge < -0.3 is 4.74 Å². The van der Waals surface area contributed by atoms with E-state index in [1.165, 1.54) is 49.9 Å². The Balaban J connectivity index is 2.18. The molecule has 0 aliphatic rings. The number of ether oxygens (including phenoxy) is 1. The highest BCUT2D eigenvalue weighted by atomic mass is 32.2. The average molecular weight is 471 g/mol. The first-order valence-electron chi connectivity index (χ1n) is 10.5. The SMILES string of the molecule is CCCCCCCCCCc1cccc(Oc2ccccc2S(=O)(=O)O)c1S(=O)(=O)O. The Morgan fingerprint density at radius 2 is 1.29 bits per heavy atom. The fraction of sp³-hybridized carbons (Fsp3) is 0.455. The summed E-state index contributed by atoms with van der Waals surface area (Å²) >= 11 is 0. The minimum atomic E-state index is -4.63. The Kier molecular flexibility index (Phi) is 9.49. The van der Waals surface area contributed by atoms with Crippen LogP contribution in [0.15, 0.2) is 52.3 Å². The van der Waals surface area contributed by atoms with Gasteiger partial charge in [-0.3, -0.25) is 9.11 Å². The molecule has 0 atom stereocenters. The first-order chi connectivity index (χ1) is 14.6. The van der Waals surface area contributed by atoms with Gasteiger partial charge in [0, 0.05) is 0 Å². The third kappa shape index (κ3) is 7.92. The molecule has 0 saturated carbocycles. The molecule has 0 bridgehead atoms. The van der Waals surface area contributed by atoms with Crippen molar-refractivity contribution in [3.63, 3.8) is 0 Å². The molecule has 2 aromatic rings. The van der Waals surface area contributed by atoms with E-state index >= 15 is 0 Å². The van der Waals surface area contributed by atoms with Crippen molar-refractivity contribution in [2.45, 2.75) is 74.5 Å². The van der Waals surface area contributed by atoms with Gasteiger partial charge in [-0.25, -0.2) is 0 Å². The third-order valence-electron chi connectivity index (χ3n) is 4.97. The second kappa shape index (κ2) is 11.6. The van der Waals surface area contributed by atoms with Crippen molar-refractivity contribution in [2.75, 3.05) is 0 Å². The molecule has 0 aliphatic carbocycles. The first kappa shape index (κ1) is 25.3. The Morgan fingerprint density at radius 1 is 0.710 bits per heavy atom. The average Bonchev–Trinajstić information content (AvgIpc) is 2.69. The summed E-state index contributed by atoms with van der Waals surface area (Å²) < 4.78 is 72.1. The summed E-state index contributed by atoms with van der Waals surface area (Å²) in [6.07, 6.45) is 9.19. The van der Waals surface area contributed by atoms with E-state index in [2.05, 4.69) is 6.92 Å². The van der Waals surface area contributed by atoms with Gasteiger partial charge in [0.1, 0.15) is 21.3 Å². The normalized spacial score (nSPS) is 12.1. The molecule has 2 N–H and O–H groups in total. The van der Waals surface area contributed by atoms with Crippen LogP contribution in [0.25, 0.3) is 0 Å². The lowest BCUT2D eigenvalue weighted by atomic mass is 10.0. The van der Waals surface area contributed by atoms with Crippen molar-refractivity contribution >= 4 is 20.2 Å². The highest BCUT2D eigenvalue weighted by Gasteiger charge is 2.24. The van der Waals surface area contributed by atoms with E-state index in [-0.39, 0.29) is 16.4 Å². The van der Waals surface area contributed by atoms with Crippen LogP contribution in [0.2, 0.25) is 0 Å². The van der Waals surface area contributed by atoms with E-state index in [0.717, 1.165) is 31.7 Å². The van der Waals surface area contributed by atoms with E-state index in [9.17, 15) is 25.9 Å². The van der Waals surface area contributed by atoms with Gasteiger partial charge in [-0.05, 0) is 36.6 Å². The minimum Gasteiger partial charge on any atom is -0.454 e. The third-order valence-corrected chi connectivity index (χ3v) is 6.84. The summed E-state index contributed by atoms with van der Waals surface area (Å²) in [6.45, 7) is 2.17. The minimum absolute atomic E-state index is 0.198. The summed E-state index contributed by atoms with van der Waals surface area (Å²) in [4.78, 5) is -0.882. The van der Waals surface area contributed by atoms with Crippen LogP contribution in [0.1, 0.15) is 63.9 Å². The van der Waals surface area contributed by atoms with E-state index in [4.69, 9.17) is 4.74 Å². The van der Waals surface area contributed by atoms with E-state index < -0.39 is 25.1 Å². The number of para-hydroxylation sites is 1. The topological polar surface area (TPSA) is 118 Å². The van der Waals surface area contributed by atoms with Crippen molar-refractivity contribution in [3.05, 3.63) is 48.0 Å². The van der Waals surface area contributed by atoms with Gasteiger partial charge in [0.2, 0.25) is 0 Å². The first-order valence-corrected chi connectivity index (χ1v) is 13.4. The summed E-state index contributed by atoms with van der Waals surface area (Å²) in [5, 5.41) is 0. The number of unbranched alkanes of at least 4 members (excludes halogenated alkanes) is 7. The molecule has 31 heavy (non-hydrogen) atoms. The van der Waals surface area contributed by atoms with Crippen LogP contribution in [0.3, 0.4) is 0 Å². The molecular formula is C22H30O7S2. The van der Waals surface area contributed by atoms with Gasteiger partial charge in [0.15, 0.2) is 0 Å².